The summed E-state index contributed by atoms with van der Waals surface area (Å²) in [5, 5.41) is 9.53. The topological polar surface area (TPSA) is 21.3 Å². The molecule has 0 amide bonds. The molecule has 1 aliphatic carbocycles. The zero-order chi connectivity index (χ0) is 41.1. The van der Waals surface area contributed by atoms with E-state index in [-0.39, 0.29) is 5.41 Å². The molecule has 0 bridgehead atoms. The molecule has 0 aliphatic heterocycles. The van der Waals surface area contributed by atoms with Crippen LogP contribution in [-0.2, 0) is 5.41 Å². The van der Waals surface area contributed by atoms with Crippen molar-refractivity contribution in [3.05, 3.63) is 217 Å². The van der Waals surface area contributed by atoms with Gasteiger partial charge in [0.2, 0.25) is 0 Å². The van der Waals surface area contributed by atoms with Gasteiger partial charge in [0.15, 0.2) is 5.58 Å². The van der Waals surface area contributed by atoms with E-state index in [1.165, 1.54) is 65.8 Å². The molecule has 1 aliphatic rings. The number of anilines is 3. The molecule has 0 unspecified atom stereocenters. The van der Waals surface area contributed by atoms with Crippen molar-refractivity contribution in [1.29, 1.82) is 0 Å². The van der Waals surface area contributed by atoms with E-state index in [0.29, 0.717) is 0 Å². The molecule has 292 valence electrons. The number of benzene rings is 10. The molecule has 0 atom stereocenters. The number of fused-ring (bicyclic) bond motifs is 14. The highest BCUT2D eigenvalue weighted by Gasteiger charge is 2.36. The van der Waals surface area contributed by atoms with Gasteiger partial charge in [-0.1, -0.05) is 172 Å². The lowest BCUT2D eigenvalue weighted by molar-refractivity contribution is 0.660. The number of hydrogen-bond donors (Lipinski definition) is 0. The Labute approximate surface area is 359 Å². The van der Waals surface area contributed by atoms with Crippen molar-refractivity contribution < 1.29 is 4.42 Å². The van der Waals surface area contributed by atoms with E-state index in [1.807, 2.05) is 0 Å². The molecule has 0 saturated heterocycles. The van der Waals surface area contributed by atoms with Gasteiger partial charge in [0.05, 0.1) is 22.4 Å². The van der Waals surface area contributed by atoms with Gasteiger partial charge in [0.1, 0.15) is 5.58 Å². The second kappa shape index (κ2) is 13.1. The summed E-state index contributed by atoms with van der Waals surface area (Å²) in [6.07, 6.45) is 0. The normalized spacial score (nSPS) is 13.1. The summed E-state index contributed by atoms with van der Waals surface area (Å²) in [4.78, 5) is 2.40. The average molecular weight is 793 g/mol. The quantitative estimate of drug-likeness (QED) is 0.162. The van der Waals surface area contributed by atoms with Crippen molar-refractivity contribution in [2.24, 2.45) is 0 Å². The van der Waals surface area contributed by atoms with Crippen LogP contribution in [0, 0.1) is 0 Å². The summed E-state index contributed by atoms with van der Waals surface area (Å²) in [5.74, 6) is 0. The van der Waals surface area contributed by atoms with E-state index in [9.17, 15) is 0 Å². The van der Waals surface area contributed by atoms with Gasteiger partial charge >= 0.3 is 0 Å². The summed E-state index contributed by atoms with van der Waals surface area (Å²) < 4.78 is 9.61. The maximum Gasteiger partial charge on any atom is 0.159 e. The van der Waals surface area contributed by atoms with Crippen molar-refractivity contribution in [2.75, 3.05) is 4.90 Å². The van der Waals surface area contributed by atoms with Gasteiger partial charge < -0.3 is 13.9 Å². The van der Waals surface area contributed by atoms with Crippen molar-refractivity contribution in [3.8, 4) is 27.9 Å². The summed E-state index contributed by atoms with van der Waals surface area (Å²) in [6.45, 7) is 4.71. The zero-order valence-corrected chi connectivity index (χ0v) is 34.4. The van der Waals surface area contributed by atoms with Crippen LogP contribution in [0.3, 0.4) is 0 Å². The van der Waals surface area contributed by atoms with Crippen LogP contribution >= 0.6 is 0 Å². The number of hydrogen-bond acceptors (Lipinski definition) is 2. The van der Waals surface area contributed by atoms with Crippen LogP contribution in [0.1, 0.15) is 25.0 Å². The monoisotopic (exact) mass is 792 g/mol. The van der Waals surface area contributed by atoms with E-state index < -0.39 is 0 Å². The fourth-order valence-electron chi connectivity index (χ4n) is 10.7. The number of nitrogens with zero attached hydrogens (tertiary/aromatic N) is 2. The Hall–Kier alpha value is -7.88. The Morgan fingerprint density at radius 1 is 0.403 bits per heavy atom. The minimum atomic E-state index is -0.156. The third-order valence-corrected chi connectivity index (χ3v) is 13.6. The van der Waals surface area contributed by atoms with Gasteiger partial charge in [0, 0.05) is 49.3 Å². The van der Waals surface area contributed by atoms with Crippen molar-refractivity contribution in [3.63, 3.8) is 0 Å². The molecule has 0 fully saturated rings. The number of aromatic nitrogens is 1. The van der Waals surface area contributed by atoms with Crippen LogP contribution in [-0.4, -0.2) is 4.57 Å². The lowest BCUT2D eigenvalue weighted by Gasteiger charge is -2.28. The lowest BCUT2D eigenvalue weighted by Crippen LogP contribution is -2.16. The Bertz CT molecular complexity index is 3740. The third kappa shape index (κ3) is 4.88. The largest absolute Gasteiger partial charge is 0.453 e. The maximum absolute atomic E-state index is 7.19. The lowest BCUT2D eigenvalue weighted by atomic mass is 9.82. The Morgan fingerprint density at radius 3 is 1.69 bits per heavy atom. The van der Waals surface area contributed by atoms with E-state index in [0.717, 1.165) is 55.6 Å². The first-order valence-electron chi connectivity index (χ1n) is 21.5. The minimum absolute atomic E-state index is 0.156. The molecule has 13 rings (SSSR count). The molecule has 2 heterocycles. The van der Waals surface area contributed by atoms with Crippen molar-refractivity contribution >= 4 is 82.4 Å². The van der Waals surface area contributed by atoms with Gasteiger partial charge in [-0.3, -0.25) is 0 Å². The van der Waals surface area contributed by atoms with E-state index >= 15 is 0 Å². The van der Waals surface area contributed by atoms with Crippen LogP contribution < -0.4 is 4.90 Å². The summed E-state index contributed by atoms with van der Waals surface area (Å²) >= 11 is 0. The van der Waals surface area contributed by atoms with Gasteiger partial charge in [-0.2, -0.15) is 0 Å². The highest BCUT2D eigenvalue weighted by Crippen LogP contribution is 2.52. The third-order valence-electron chi connectivity index (χ3n) is 13.6. The van der Waals surface area contributed by atoms with Gasteiger partial charge in [-0.15, -0.1) is 0 Å². The molecule has 0 N–H and O–H groups in total. The van der Waals surface area contributed by atoms with E-state index in [4.69, 9.17) is 4.42 Å². The van der Waals surface area contributed by atoms with E-state index in [1.54, 1.807) is 0 Å². The van der Waals surface area contributed by atoms with E-state index in [2.05, 4.69) is 230 Å². The van der Waals surface area contributed by atoms with Crippen LogP contribution in [0.5, 0.6) is 0 Å². The summed E-state index contributed by atoms with van der Waals surface area (Å²) in [6, 6.07) is 75.2. The maximum atomic E-state index is 7.19. The Balaban J connectivity index is 1.03. The molecule has 3 heteroatoms. The predicted octanol–water partition coefficient (Wildman–Crippen LogP) is 16.4. The smallest absolute Gasteiger partial charge is 0.159 e. The van der Waals surface area contributed by atoms with Crippen LogP contribution in [0.4, 0.5) is 17.1 Å². The average Bonchev–Trinajstić information content (AvgIpc) is 3.96. The number of para-hydroxylation sites is 4. The molecule has 12 aromatic rings. The van der Waals surface area contributed by atoms with Crippen molar-refractivity contribution in [1.82, 2.24) is 4.57 Å². The molecule has 0 spiro atoms. The first-order valence-corrected chi connectivity index (χ1v) is 21.5. The molecular formula is C59H40N2O. The number of furan rings is 1. The standard InChI is InChI=1S/C59H40N2O/c1-59(2)50-25-11-7-19-43(50)44-35-34-39(36-51(44)59)60(55-29-15-24-49-56-47-22-5-3-17-41(47)42-18-4-6-23-48(42)58(56)62-57(49)55)38-32-30-37(31-33-38)40-16-8-12-26-52(40)61-53-27-13-9-20-45(53)46-21-10-14-28-54(46)61/h3-36H,1-2H3. The summed E-state index contributed by atoms with van der Waals surface area (Å²) in [5.41, 5.74) is 16.0. The fraction of sp³-hybridized carbons (Fsp3) is 0.0508. The van der Waals surface area contributed by atoms with Crippen LogP contribution in [0.25, 0.3) is 93.2 Å². The Kier molecular flexibility index (Phi) is 7.36. The molecule has 2 aromatic heterocycles. The van der Waals surface area contributed by atoms with Crippen LogP contribution in [0.15, 0.2) is 211 Å². The Morgan fingerprint density at radius 2 is 0.952 bits per heavy atom. The highest BCUT2D eigenvalue weighted by atomic mass is 16.3. The molecule has 3 nitrogen and oxygen atoms in total. The second-order valence-corrected chi connectivity index (χ2v) is 17.2. The minimum Gasteiger partial charge on any atom is -0.453 e. The fourth-order valence-corrected chi connectivity index (χ4v) is 10.7. The molecule has 62 heavy (non-hydrogen) atoms. The highest BCUT2D eigenvalue weighted by molar-refractivity contribution is 6.31. The van der Waals surface area contributed by atoms with Gasteiger partial charge in [-0.05, 0) is 92.5 Å². The SMILES string of the molecule is CC1(C)c2ccccc2-c2ccc(N(c3ccc(-c4ccccc4-n4c5ccccc5c5ccccc54)cc3)c3cccc4c3oc3c5ccccc5c5ccccc5c43)cc21. The van der Waals surface area contributed by atoms with Crippen molar-refractivity contribution in [2.45, 2.75) is 19.3 Å². The molecule has 0 saturated carbocycles. The van der Waals surface area contributed by atoms with Gasteiger partial charge in [-0.25, -0.2) is 0 Å². The first-order chi connectivity index (χ1) is 30.5. The zero-order valence-electron chi connectivity index (χ0n) is 34.4. The predicted molar refractivity (Wildman–Crippen MR) is 261 cm³/mol. The number of rotatable bonds is 5. The summed E-state index contributed by atoms with van der Waals surface area (Å²) in [7, 11) is 0. The molecule has 0 radical (unpaired) electrons. The van der Waals surface area contributed by atoms with Gasteiger partial charge in [0.25, 0.3) is 0 Å². The molecular weight excluding hydrogens is 753 g/mol. The first kappa shape index (κ1) is 34.9. The second-order valence-electron chi connectivity index (χ2n) is 17.2. The molecule has 10 aromatic carbocycles. The van der Waals surface area contributed by atoms with Crippen LogP contribution in [0.2, 0.25) is 0 Å².